The minimum absolute atomic E-state index is 0.00160. The van der Waals surface area contributed by atoms with E-state index in [-0.39, 0.29) is 11.9 Å². The summed E-state index contributed by atoms with van der Waals surface area (Å²) in [5.74, 6) is -0.231. The first kappa shape index (κ1) is 13.2. The third-order valence-corrected chi connectivity index (χ3v) is 3.24. The molecular formula is C12H16BrNO2. The summed E-state index contributed by atoms with van der Waals surface area (Å²) in [5.41, 5.74) is 7.92. The summed E-state index contributed by atoms with van der Waals surface area (Å²) < 4.78 is 5.65. The molecule has 0 saturated heterocycles. The zero-order valence-corrected chi connectivity index (χ0v) is 11.1. The van der Waals surface area contributed by atoms with E-state index in [9.17, 15) is 4.79 Å². The third-order valence-electron chi connectivity index (χ3n) is 2.52. The number of rotatable bonds is 4. The Bertz CT molecular complexity index is 379. The maximum Gasteiger partial charge on any atom is 0.306 e. The van der Waals surface area contributed by atoms with Crippen molar-refractivity contribution in [1.82, 2.24) is 0 Å². The van der Waals surface area contributed by atoms with E-state index in [0.29, 0.717) is 13.0 Å². The first-order chi connectivity index (χ1) is 7.58. The molecule has 4 heteroatoms. The number of ether oxygens (including phenoxy) is 1. The van der Waals surface area contributed by atoms with Crippen LogP contribution in [-0.2, 0) is 9.53 Å². The van der Waals surface area contributed by atoms with Gasteiger partial charge in [0.1, 0.15) is 0 Å². The molecule has 2 N–H and O–H groups in total. The standard InChI is InChI=1S/C12H16BrNO2/c1-8-3-4-11(13)10(5-8)9(7-14)6-12(15)16-2/h3-5,9H,6-7,14H2,1-2H3. The second kappa shape index (κ2) is 6.01. The van der Waals surface area contributed by atoms with E-state index in [4.69, 9.17) is 5.73 Å². The molecule has 0 aliphatic heterocycles. The summed E-state index contributed by atoms with van der Waals surface area (Å²) in [4.78, 5) is 11.3. The van der Waals surface area contributed by atoms with Crippen LogP contribution in [0.15, 0.2) is 22.7 Å². The van der Waals surface area contributed by atoms with E-state index in [1.807, 2.05) is 25.1 Å². The summed E-state index contributed by atoms with van der Waals surface area (Å²) in [6.45, 7) is 2.44. The van der Waals surface area contributed by atoms with Crippen LogP contribution in [0.3, 0.4) is 0 Å². The molecule has 88 valence electrons. The summed E-state index contributed by atoms with van der Waals surface area (Å²) in [6.07, 6.45) is 0.315. The van der Waals surface area contributed by atoms with Gasteiger partial charge in [0.15, 0.2) is 0 Å². The maximum atomic E-state index is 11.3. The lowest BCUT2D eigenvalue weighted by atomic mass is 9.94. The van der Waals surface area contributed by atoms with Gasteiger partial charge >= 0.3 is 5.97 Å². The zero-order chi connectivity index (χ0) is 12.1. The molecule has 0 aromatic heterocycles. The largest absolute Gasteiger partial charge is 0.469 e. The quantitative estimate of drug-likeness (QED) is 0.864. The SMILES string of the molecule is COC(=O)CC(CN)c1cc(C)ccc1Br. The number of esters is 1. The Labute approximate surface area is 104 Å². The molecule has 0 fully saturated rings. The highest BCUT2D eigenvalue weighted by atomic mass is 79.9. The van der Waals surface area contributed by atoms with Crippen molar-refractivity contribution in [3.05, 3.63) is 33.8 Å². The Balaban J connectivity index is 2.94. The van der Waals surface area contributed by atoms with Gasteiger partial charge in [-0.15, -0.1) is 0 Å². The molecule has 1 aromatic carbocycles. The van der Waals surface area contributed by atoms with Gasteiger partial charge in [0.2, 0.25) is 0 Å². The highest BCUT2D eigenvalue weighted by molar-refractivity contribution is 9.10. The number of hydrogen-bond acceptors (Lipinski definition) is 3. The number of methoxy groups -OCH3 is 1. The summed E-state index contributed by atoms with van der Waals surface area (Å²) in [6, 6.07) is 6.04. The van der Waals surface area contributed by atoms with Crippen LogP contribution in [0.1, 0.15) is 23.5 Å². The van der Waals surface area contributed by atoms with Crippen molar-refractivity contribution in [1.29, 1.82) is 0 Å². The minimum atomic E-state index is -0.233. The summed E-state index contributed by atoms with van der Waals surface area (Å²) >= 11 is 3.48. The van der Waals surface area contributed by atoms with E-state index in [0.717, 1.165) is 15.6 Å². The molecule has 1 unspecified atom stereocenters. The number of carbonyl (C=O) groups is 1. The van der Waals surface area contributed by atoms with Crippen LogP contribution in [0, 0.1) is 6.92 Å². The van der Waals surface area contributed by atoms with E-state index in [2.05, 4.69) is 20.7 Å². The van der Waals surface area contributed by atoms with Gasteiger partial charge in [-0.3, -0.25) is 4.79 Å². The van der Waals surface area contributed by atoms with Crippen LogP contribution in [0.2, 0.25) is 0 Å². The lowest BCUT2D eigenvalue weighted by Crippen LogP contribution is -2.17. The van der Waals surface area contributed by atoms with E-state index in [1.165, 1.54) is 7.11 Å². The smallest absolute Gasteiger partial charge is 0.306 e. The van der Waals surface area contributed by atoms with Crippen LogP contribution < -0.4 is 5.73 Å². The fourth-order valence-corrected chi connectivity index (χ4v) is 2.15. The number of hydrogen-bond donors (Lipinski definition) is 1. The van der Waals surface area contributed by atoms with Crippen molar-refractivity contribution in [2.45, 2.75) is 19.3 Å². The lowest BCUT2D eigenvalue weighted by Gasteiger charge is -2.16. The van der Waals surface area contributed by atoms with Crippen molar-refractivity contribution >= 4 is 21.9 Å². The van der Waals surface area contributed by atoms with Gasteiger partial charge in [0, 0.05) is 10.4 Å². The van der Waals surface area contributed by atoms with Gasteiger partial charge in [-0.25, -0.2) is 0 Å². The molecular weight excluding hydrogens is 270 g/mol. The van der Waals surface area contributed by atoms with Crippen LogP contribution in [-0.4, -0.2) is 19.6 Å². The highest BCUT2D eigenvalue weighted by Gasteiger charge is 2.17. The predicted octanol–water partition coefficient (Wildman–Crippen LogP) is 2.36. The summed E-state index contributed by atoms with van der Waals surface area (Å²) in [5, 5.41) is 0. The Morgan fingerprint density at radius 2 is 2.25 bits per heavy atom. The highest BCUT2D eigenvalue weighted by Crippen LogP contribution is 2.28. The number of benzene rings is 1. The Hall–Kier alpha value is -0.870. The molecule has 0 aliphatic rings. The van der Waals surface area contributed by atoms with Crippen LogP contribution in [0.25, 0.3) is 0 Å². The zero-order valence-electron chi connectivity index (χ0n) is 9.50. The second-order valence-electron chi connectivity index (χ2n) is 3.74. The third kappa shape index (κ3) is 3.32. The van der Waals surface area contributed by atoms with Gasteiger partial charge < -0.3 is 10.5 Å². The molecule has 1 aromatic rings. The van der Waals surface area contributed by atoms with Crippen molar-refractivity contribution in [3.8, 4) is 0 Å². The van der Waals surface area contributed by atoms with Crippen LogP contribution >= 0.6 is 15.9 Å². The van der Waals surface area contributed by atoms with Crippen LogP contribution in [0.4, 0.5) is 0 Å². The number of carbonyl (C=O) groups excluding carboxylic acids is 1. The van der Waals surface area contributed by atoms with E-state index >= 15 is 0 Å². The Kier molecular flexibility index (Phi) is 4.96. The molecule has 0 spiro atoms. The number of nitrogens with two attached hydrogens (primary N) is 1. The fourth-order valence-electron chi connectivity index (χ4n) is 1.58. The minimum Gasteiger partial charge on any atom is -0.469 e. The van der Waals surface area contributed by atoms with Crippen molar-refractivity contribution in [2.24, 2.45) is 5.73 Å². The fraction of sp³-hybridized carbons (Fsp3) is 0.417. The number of aryl methyl sites for hydroxylation is 1. The first-order valence-corrected chi connectivity index (χ1v) is 5.90. The van der Waals surface area contributed by atoms with Gasteiger partial charge in [-0.2, -0.15) is 0 Å². The molecule has 16 heavy (non-hydrogen) atoms. The van der Waals surface area contributed by atoms with Crippen molar-refractivity contribution in [3.63, 3.8) is 0 Å². The molecule has 1 rings (SSSR count). The van der Waals surface area contributed by atoms with Gasteiger partial charge in [-0.1, -0.05) is 33.6 Å². The van der Waals surface area contributed by atoms with Crippen LogP contribution in [0.5, 0.6) is 0 Å². The Morgan fingerprint density at radius 3 is 2.81 bits per heavy atom. The monoisotopic (exact) mass is 285 g/mol. The topological polar surface area (TPSA) is 52.3 Å². The van der Waals surface area contributed by atoms with Gasteiger partial charge in [0.05, 0.1) is 13.5 Å². The molecule has 1 atom stereocenters. The molecule has 0 radical (unpaired) electrons. The molecule has 0 heterocycles. The molecule has 0 saturated carbocycles. The van der Waals surface area contributed by atoms with Gasteiger partial charge in [0.25, 0.3) is 0 Å². The normalized spacial score (nSPS) is 12.2. The van der Waals surface area contributed by atoms with E-state index in [1.54, 1.807) is 0 Å². The molecule has 3 nitrogen and oxygen atoms in total. The molecule has 0 aliphatic carbocycles. The maximum absolute atomic E-state index is 11.3. The van der Waals surface area contributed by atoms with Gasteiger partial charge in [-0.05, 0) is 25.1 Å². The Morgan fingerprint density at radius 1 is 1.56 bits per heavy atom. The van der Waals surface area contributed by atoms with Crippen molar-refractivity contribution < 1.29 is 9.53 Å². The van der Waals surface area contributed by atoms with Crippen molar-refractivity contribution in [2.75, 3.05) is 13.7 Å². The second-order valence-corrected chi connectivity index (χ2v) is 4.59. The average Bonchev–Trinajstić information content (AvgIpc) is 2.29. The molecule has 0 bridgehead atoms. The average molecular weight is 286 g/mol. The lowest BCUT2D eigenvalue weighted by molar-refractivity contribution is -0.141. The molecule has 0 amide bonds. The predicted molar refractivity (Wildman–Crippen MR) is 67.3 cm³/mol. The van der Waals surface area contributed by atoms with E-state index < -0.39 is 0 Å². The summed E-state index contributed by atoms with van der Waals surface area (Å²) in [7, 11) is 1.39. The first-order valence-electron chi connectivity index (χ1n) is 5.11. The number of halogens is 1.